The fourth-order valence-corrected chi connectivity index (χ4v) is 3.89. The van der Waals surface area contributed by atoms with Gasteiger partial charge < -0.3 is 4.74 Å². The number of fused-ring (bicyclic) bond motifs is 1. The van der Waals surface area contributed by atoms with Gasteiger partial charge in [-0.05, 0) is 37.1 Å². The Bertz CT molecular complexity index is 778. The first-order chi connectivity index (χ1) is 12.1. The molecule has 2 amide bonds. The number of nitrogens with zero attached hydrogens (tertiary/aromatic N) is 3. The van der Waals surface area contributed by atoms with E-state index in [0.717, 1.165) is 35.9 Å². The third-order valence-electron chi connectivity index (χ3n) is 4.90. The molecule has 2 aliphatic rings. The van der Waals surface area contributed by atoms with E-state index in [9.17, 15) is 9.59 Å². The number of hydrogen-bond acceptors (Lipinski definition) is 4. The van der Waals surface area contributed by atoms with Crippen LogP contribution in [0.5, 0.6) is 5.75 Å². The van der Waals surface area contributed by atoms with E-state index in [1.807, 2.05) is 24.3 Å². The third-order valence-corrected chi connectivity index (χ3v) is 5.42. The van der Waals surface area contributed by atoms with Gasteiger partial charge in [-0.2, -0.15) is 5.10 Å². The first-order valence-corrected chi connectivity index (χ1v) is 9.21. The van der Waals surface area contributed by atoms with E-state index in [1.165, 1.54) is 4.90 Å². The zero-order valence-electron chi connectivity index (χ0n) is 13.6. The number of amides is 2. The Kier molecular flexibility index (Phi) is 4.33. The van der Waals surface area contributed by atoms with Crippen molar-refractivity contribution in [3.05, 3.63) is 41.1 Å². The van der Waals surface area contributed by atoms with E-state index in [0.29, 0.717) is 5.69 Å². The van der Waals surface area contributed by atoms with Crippen LogP contribution in [0.4, 0.5) is 5.69 Å². The lowest BCUT2D eigenvalue weighted by Gasteiger charge is -2.19. The predicted molar refractivity (Wildman–Crippen MR) is 94.9 cm³/mol. The van der Waals surface area contributed by atoms with Crippen LogP contribution in [-0.2, 0) is 16.3 Å². The van der Waals surface area contributed by atoms with Gasteiger partial charge in [0.15, 0.2) is 6.73 Å². The highest BCUT2D eigenvalue weighted by atomic mass is 79.9. The lowest BCUT2D eigenvalue weighted by atomic mass is 9.81. The number of benzene rings is 1. The number of rotatable bonds is 4. The highest BCUT2D eigenvalue weighted by Crippen LogP contribution is 2.39. The number of imide groups is 1. The topological polar surface area (TPSA) is 64.4 Å². The molecule has 130 valence electrons. The Labute approximate surface area is 153 Å². The van der Waals surface area contributed by atoms with Crippen LogP contribution in [-0.4, -0.2) is 21.6 Å². The molecule has 0 unspecified atom stereocenters. The summed E-state index contributed by atoms with van der Waals surface area (Å²) in [5.41, 5.74) is 0.531. The lowest BCUT2D eigenvalue weighted by Crippen LogP contribution is -2.30. The third kappa shape index (κ3) is 3.08. The number of aromatic nitrogens is 2. The molecule has 6 nitrogen and oxygen atoms in total. The first-order valence-electron chi connectivity index (χ1n) is 8.42. The Hall–Kier alpha value is -2.15. The zero-order valence-corrected chi connectivity index (χ0v) is 15.2. The molecule has 2 aromatic rings. The molecule has 7 heteroatoms. The van der Waals surface area contributed by atoms with Crippen LogP contribution in [0.2, 0.25) is 0 Å². The molecule has 1 aromatic heterocycles. The second-order valence-electron chi connectivity index (χ2n) is 6.47. The van der Waals surface area contributed by atoms with Gasteiger partial charge in [0.05, 0.1) is 29.9 Å². The summed E-state index contributed by atoms with van der Waals surface area (Å²) in [6.45, 7) is 0.213. The van der Waals surface area contributed by atoms with Crippen LogP contribution < -0.4 is 9.64 Å². The van der Waals surface area contributed by atoms with Crippen molar-refractivity contribution in [1.82, 2.24) is 9.78 Å². The van der Waals surface area contributed by atoms with Gasteiger partial charge in [-0.3, -0.25) is 9.59 Å². The molecule has 0 N–H and O–H groups in total. The summed E-state index contributed by atoms with van der Waals surface area (Å²) in [6, 6.07) is 7.50. The van der Waals surface area contributed by atoms with Crippen LogP contribution >= 0.6 is 15.9 Å². The van der Waals surface area contributed by atoms with E-state index in [4.69, 9.17) is 4.74 Å². The molecule has 1 saturated carbocycles. The number of ether oxygens (including phenoxy) is 1. The van der Waals surface area contributed by atoms with Gasteiger partial charge >= 0.3 is 0 Å². The maximum atomic E-state index is 12.6. The van der Waals surface area contributed by atoms with Crippen LogP contribution in [0, 0.1) is 11.8 Å². The zero-order chi connectivity index (χ0) is 17.4. The summed E-state index contributed by atoms with van der Waals surface area (Å²) >= 11 is 3.38. The molecule has 0 bridgehead atoms. The van der Waals surface area contributed by atoms with Crippen molar-refractivity contribution in [3.8, 4) is 5.75 Å². The summed E-state index contributed by atoms with van der Waals surface area (Å²) in [7, 11) is 0. The van der Waals surface area contributed by atoms with Crippen molar-refractivity contribution in [2.45, 2.75) is 32.4 Å². The number of anilines is 1. The van der Waals surface area contributed by atoms with E-state index in [-0.39, 0.29) is 30.4 Å². The van der Waals surface area contributed by atoms with E-state index in [1.54, 1.807) is 17.1 Å². The summed E-state index contributed by atoms with van der Waals surface area (Å²) in [6.07, 6.45) is 6.91. The normalized spacial score (nSPS) is 23.0. The lowest BCUT2D eigenvalue weighted by molar-refractivity contribution is -0.122. The average Bonchev–Trinajstić information content (AvgIpc) is 3.18. The molecule has 2 heterocycles. The first kappa shape index (κ1) is 16.3. The summed E-state index contributed by atoms with van der Waals surface area (Å²) in [5.74, 6) is 0.262. The van der Waals surface area contributed by atoms with Crippen molar-refractivity contribution >= 4 is 33.4 Å². The fourth-order valence-electron chi connectivity index (χ4n) is 3.63. The molecule has 1 aliphatic carbocycles. The Morgan fingerprint density at radius 1 is 1.08 bits per heavy atom. The van der Waals surface area contributed by atoms with E-state index < -0.39 is 0 Å². The maximum Gasteiger partial charge on any atom is 0.237 e. The molecule has 1 aromatic carbocycles. The van der Waals surface area contributed by atoms with Crippen LogP contribution in [0.15, 0.2) is 41.1 Å². The summed E-state index contributed by atoms with van der Waals surface area (Å²) in [5, 5.41) is 4.22. The van der Waals surface area contributed by atoms with Gasteiger partial charge in [0.2, 0.25) is 11.8 Å². The summed E-state index contributed by atoms with van der Waals surface area (Å²) < 4.78 is 8.23. The van der Waals surface area contributed by atoms with E-state index >= 15 is 0 Å². The highest BCUT2D eigenvalue weighted by Gasteiger charge is 2.49. The van der Waals surface area contributed by atoms with Crippen LogP contribution in [0.25, 0.3) is 0 Å². The number of halogens is 1. The Balaban J connectivity index is 1.46. The van der Waals surface area contributed by atoms with Gasteiger partial charge in [0, 0.05) is 4.47 Å². The molecule has 0 spiro atoms. The maximum absolute atomic E-state index is 12.6. The highest BCUT2D eigenvalue weighted by molar-refractivity contribution is 9.10. The second-order valence-corrected chi connectivity index (χ2v) is 7.39. The van der Waals surface area contributed by atoms with Gasteiger partial charge in [0.25, 0.3) is 0 Å². The Morgan fingerprint density at radius 3 is 2.36 bits per heavy atom. The quantitative estimate of drug-likeness (QED) is 0.734. The molecule has 2 fully saturated rings. The predicted octanol–water partition coefficient (Wildman–Crippen LogP) is 3.36. The van der Waals surface area contributed by atoms with Gasteiger partial charge in [-0.25, -0.2) is 9.58 Å². The Morgan fingerprint density at radius 2 is 1.72 bits per heavy atom. The van der Waals surface area contributed by atoms with Crippen molar-refractivity contribution in [3.63, 3.8) is 0 Å². The minimum absolute atomic E-state index is 0.0805. The molecule has 0 radical (unpaired) electrons. The van der Waals surface area contributed by atoms with Crippen molar-refractivity contribution < 1.29 is 14.3 Å². The molecule has 1 aliphatic heterocycles. The molecule has 1 saturated heterocycles. The standard InChI is InChI=1S/C18H18BrN3O3/c19-12-5-7-14(8-6-12)25-11-21-10-13(9-20-21)22-17(23)15-3-1-2-4-16(15)18(22)24/h5-10,15-16H,1-4,11H2/t15-,16+. The molecule has 2 atom stereocenters. The smallest absolute Gasteiger partial charge is 0.237 e. The largest absolute Gasteiger partial charge is 0.471 e. The van der Waals surface area contributed by atoms with Gasteiger partial charge in [-0.15, -0.1) is 0 Å². The minimum atomic E-state index is -0.149. The number of hydrogen-bond donors (Lipinski definition) is 0. The SMILES string of the molecule is O=C1[C@H]2CCCC[C@H]2C(=O)N1c1cnn(COc2ccc(Br)cc2)c1. The average molecular weight is 404 g/mol. The molecular weight excluding hydrogens is 386 g/mol. The summed E-state index contributed by atoms with van der Waals surface area (Å²) in [4.78, 5) is 26.5. The van der Waals surface area contributed by atoms with E-state index in [2.05, 4.69) is 21.0 Å². The second kappa shape index (κ2) is 6.63. The van der Waals surface area contributed by atoms with Crippen molar-refractivity contribution in [2.24, 2.45) is 11.8 Å². The van der Waals surface area contributed by atoms with Crippen LogP contribution in [0.3, 0.4) is 0 Å². The van der Waals surface area contributed by atoms with Gasteiger partial charge in [0.1, 0.15) is 5.75 Å². The van der Waals surface area contributed by atoms with Crippen molar-refractivity contribution in [2.75, 3.05) is 4.90 Å². The molecule has 25 heavy (non-hydrogen) atoms. The van der Waals surface area contributed by atoms with Gasteiger partial charge in [-0.1, -0.05) is 28.8 Å². The minimum Gasteiger partial charge on any atom is -0.471 e. The molecular formula is C18H18BrN3O3. The molecule has 4 rings (SSSR count). The van der Waals surface area contributed by atoms with Crippen LogP contribution in [0.1, 0.15) is 25.7 Å². The van der Waals surface area contributed by atoms with Crippen molar-refractivity contribution in [1.29, 1.82) is 0 Å². The monoisotopic (exact) mass is 403 g/mol. The fraction of sp³-hybridized carbons (Fsp3) is 0.389. The number of carbonyl (C=O) groups excluding carboxylic acids is 2. The number of carbonyl (C=O) groups is 2.